The van der Waals surface area contributed by atoms with Crippen LogP contribution < -0.4 is 14.5 Å². The van der Waals surface area contributed by atoms with Gasteiger partial charge >= 0.3 is 0 Å². The summed E-state index contributed by atoms with van der Waals surface area (Å²) >= 11 is 0. The zero-order valence-corrected chi connectivity index (χ0v) is 45.3. The first kappa shape index (κ1) is 47.1. The summed E-state index contributed by atoms with van der Waals surface area (Å²) in [6.07, 6.45) is 1.84. The van der Waals surface area contributed by atoms with E-state index in [-0.39, 0.29) is 48.3 Å². The third kappa shape index (κ3) is 7.06. The van der Waals surface area contributed by atoms with Crippen LogP contribution in [0, 0.1) is 18.8 Å². The Bertz CT molecular complexity index is 3300. The Morgan fingerprint density at radius 1 is 0.565 bits per heavy atom. The van der Waals surface area contributed by atoms with E-state index in [1.54, 1.807) is 0 Å². The summed E-state index contributed by atoms with van der Waals surface area (Å²) in [5, 5.41) is 2.25. The van der Waals surface area contributed by atoms with Crippen LogP contribution in [0.4, 0.5) is 17.1 Å². The van der Waals surface area contributed by atoms with Gasteiger partial charge in [-0.2, -0.15) is 18.8 Å². The van der Waals surface area contributed by atoms with Crippen LogP contribution >= 0.6 is 0 Å². The number of rotatable bonds is 3. The van der Waals surface area contributed by atoms with E-state index in [9.17, 15) is 0 Å². The smallest absolute Gasteiger partial charge is 0.135 e. The molecule has 4 heterocycles. The standard InChI is InChI=1S/C63H65N4O.Pt/c1-58(2,3)38-31-44-45-32-39(59(4,5)6)34-49(61(10,11)12)56(45)63(55(44)48(33-38)60(7,8)9)46-29-27-41(36-53(46)65-37-66(62(13,14)15)51-24-20-22-47(63)57(51)65)68-40-26-28-43-42-21-16-17-23-50(42)67(52(43)35-40)54-25-18-19-30-64-54;/h16-34,37H,1-15H3;/q-3;. The average Bonchev–Trinajstić information content (AvgIpc) is 3.92. The van der Waals surface area contributed by atoms with Crippen LogP contribution in [0.3, 0.4) is 0 Å². The van der Waals surface area contributed by atoms with Crippen molar-refractivity contribution in [3.05, 3.63) is 179 Å². The maximum Gasteiger partial charge on any atom is 0.135 e. The van der Waals surface area contributed by atoms with E-state index in [1.807, 2.05) is 30.5 Å². The molecule has 5 nitrogen and oxygen atoms in total. The average molecular weight is 1090 g/mol. The quantitative estimate of drug-likeness (QED) is 0.165. The summed E-state index contributed by atoms with van der Waals surface area (Å²) in [6, 6.07) is 48.1. The molecular formula is C63H65N4OPt-3. The number of hydrogen-bond acceptors (Lipinski definition) is 4. The molecule has 6 aromatic carbocycles. The predicted octanol–water partition coefficient (Wildman–Crippen LogP) is 16.3. The van der Waals surface area contributed by atoms with Gasteiger partial charge in [-0.3, -0.25) is 0 Å². The van der Waals surface area contributed by atoms with Gasteiger partial charge in [0, 0.05) is 66.6 Å². The fourth-order valence-corrected chi connectivity index (χ4v) is 11.4. The molecule has 1 aliphatic carbocycles. The molecule has 8 aromatic rings. The zero-order valence-electron chi connectivity index (χ0n) is 43.1. The van der Waals surface area contributed by atoms with Gasteiger partial charge in [0.25, 0.3) is 0 Å². The minimum atomic E-state index is -0.689. The van der Waals surface area contributed by atoms with Gasteiger partial charge in [-0.1, -0.05) is 155 Å². The van der Waals surface area contributed by atoms with Crippen molar-refractivity contribution in [2.24, 2.45) is 0 Å². The summed E-state index contributed by atoms with van der Waals surface area (Å²) in [5.41, 5.74) is 17.4. The van der Waals surface area contributed by atoms with Crippen molar-refractivity contribution in [1.29, 1.82) is 0 Å². The van der Waals surface area contributed by atoms with Crippen molar-refractivity contribution < 1.29 is 25.8 Å². The Hall–Kier alpha value is -5.64. The van der Waals surface area contributed by atoms with Crippen molar-refractivity contribution in [3.63, 3.8) is 0 Å². The fourth-order valence-electron chi connectivity index (χ4n) is 11.4. The zero-order chi connectivity index (χ0) is 48.2. The number of nitrogens with zero attached hydrogens (tertiary/aromatic N) is 4. The third-order valence-corrected chi connectivity index (χ3v) is 14.7. The molecule has 69 heavy (non-hydrogen) atoms. The van der Waals surface area contributed by atoms with Gasteiger partial charge in [0.05, 0.1) is 0 Å². The normalized spacial score (nSPS) is 15.1. The molecule has 356 valence electrons. The van der Waals surface area contributed by atoms with E-state index in [1.165, 1.54) is 67.0 Å². The Kier molecular flexibility index (Phi) is 10.5. The van der Waals surface area contributed by atoms with E-state index in [2.05, 4.69) is 222 Å². The molecule has 11 rings (SSSR count). The van der Waals surface area contributed by atoms with Crippen LogP contribution in [0.25, 0.3) is 38.8 Å². The van der Waals surface area contributed by atoms with E-state index in [0.717, 1.165) is 33.3 Å². The SMILES string of the molecule is CC(C)(C)c1cc2c(c(C(C)(C)C)c1)C1(c3ccc(Oc4[c-]c5c(cc4)c4ccccc4n5-c4ccccn4)[c-]c3N3[CH-]N(C(C)(C)C)c4cccc1c43)c1c-2cc(C(C)(C)C)cc1C(C)(C)C.[Pt]. The molecule has 1 spiro atoms. The molecule has 0 fully saturated rings. The van der Waals surface area contributed by atoms with E-state index in [0.29, 0.717) is 11.5 Å². The summed E-state index contributed by atoms with van der Waals surface area (Å²) in [4.78, 5) is 9.63. The number of ether oxygens (including phenoxy) is 1. The molecule has 0 unspecified atom stereocenters. The van der Waals surface area contributed by atoms with Crippen molar-refractivity contribution in [2.45, 2.75) is 136 Å². The molecule has 0 saturated heterocycles. The molecule has 2 aromatic heterocycles. The van der Waals surface area contributed by atoms with Gasteiger partial charge in [0.15, 0.2) is 0 Å². The molecule has 0 N–H and O–H groups in total. The van der Waals surface area contributed by atoms with Gasteiger partial charge in [0.2, 0.25) is 0 Å². The van der Waals surface area contributed by atoms with Crippen LogP contribution in [-0.4, -0.2) is 15.1 Å². The molecule has 0 radical (unpaired) electrons. The summed E-state index contributed by atoms with van der Waals surface area (Å²) < 4.78 is 9.17. The summed E-state index contributed by atoms with van der Waals surface area (Å²) in [7, 11) is 0. The fraction of sp³-hybridized carbons (Fsp3) is 0.333. The van der Waals surface area contributed by atoms with Crippen LogP contribution in [0.15, 0.2) is 115 Å². The van der Waals surface area contributed by atoms with E-state index in [4.69, 9.17) is 9.72 Å². The summed E-state index contributed by atoms with van der Waals surface area (Å²) in [6.45, 7) is 37.8. The second-order valence-corrected chi connectivity index (χ2v) is 24.7. The van der Waals surface area contributed by atoms with Gasteiger partial charge < -0.3 is 19.1 Å². The molecule has 6 heteroatoms. The first-order valence-corrected chi connectivity index (χ1v) is 24.5. The van der Waals surface area contributed by atoms with Crippen LogP contribution in [0.2, 0.25) is 0 Å². The largest absolute Gasteiger partial charge is 0.509 e. The number of aromatic nitrogens is 2. The van der Waals surface area contributed by atoms with Crippen LogP contribution in [0.5, 0.6) is 11.5 Å². The summed E-state index contributed by atoms with van der Waals surface area (Å²) in [5.74, 6) is 2.09. The van der Waals surface area contributed by atoms with Gasteiger partial charge in [-0.15, -0.1) is 35.2 Å². The first-order valence-electron chi connectivity index (χ1n) is 24.5. The molecule has 3 aliphatic rings. The van der Waals surface area contributed by atoms with Crippen LogP contribution in [0.1, 0.15) is 148 Å². The molecule has 2 aliphatic heterocycles. The Morgan fingerprint density at radius 2 is 1.16 bits per heavy atom. The monoisotopic (exact) mass is 1090 g/mol. The second kappa shape index (κ2) is 15.4. The van der Waals surface area contributed by atoms with Gasteiger partial charge in [0.1, 0.15) is 5.82 Å². The minimum absolute atomic E-state index is 0. The first-order chi connectivity index (χ1) is 31.9. The topological polar surface area (TPSA) is 33.5 Å². The van der Waals surface area contributed by atoms with Crippen molar-refractivity contribution in [3.8, 4) is 28.4 Å². The van der Waals surface area contributed by atoms with Crippen molar-refractivity contribution in [2.75, 3.05) is 9.80 Å². The van der Waals surface area contributed by atoms with Crippen molar-refractivity contribution in [1.82, 2.24) is 9.55 Å². The van der Waals surface area contributed by atoms with Crippen LogP contribution in [-0.2, 0) is 48.1 Å². The number of pyridine rings is 1. The molecule has 0 atom stereocenters. The number of benzene rings is 6. The molecule has 0 saturated carbocycles. The predicted molar refractivity (Wildman–Crippen MR) is 284 cm³/mol. The number of anilines is 3. The maximum absolute atomic E-state index is 6.98. The molecule has 0 bridgehead atoms. The maximum atomic E-state index is 6.98. The molecule has 0 amide bonds. The number of hydrogen-bond donors (Lipinski definition) is 0. The second-order valence-electron chi connectivity index (χ2n) is 24.7. The Morgan fingerprint density at radius 3 is 1.74 bits per heavy atom. The van der Waals surface area contributed by atoms with E-state index >= 15 is 0 Å². The van der Waals surface area contributed by atoms with Gasteiger partial charge in [-0.05, 0) is 122 Å². The van der Waals surface area contributed by atoms with E-state index < -0.39 is 5.41 Å². The Labute approximate surface area is 425 Å². The number of fused-ring (bicyclic) bond motifs is 12. The third-order valence-electron chi connectivity index (χ3n) is 14.7. The molecular weight excluding hydrogens is 1020 g/mol. The Balaban J connectivity index is 0.00000553. The van der Waals surface area contributed by atoms with Gasteiger partial charge in [-0.25, -0.2) is 4.98 Å². The number of para-hydroxylation sites is 2. The van der Waals surface area contributed by atoms with Crippen molar-refractivity contribution >= 4 is 38.9 Å². The minimum Gasteiger partial charge on any atom is -0.509 e.